The van der Waals surface area contributed by atoms with Crippen LogP contribution in [-0.4, -0.2) is 27.5 Å². The Bertz CT molecular complexity index is 575. The Morgan fingerprint density at radius 2 is 2.15 bits per heavy atom. The van der Waals surface area contributed by atoms with Crippen molar-refractivity contribution in [3.05, 3.63) is 23.2 Å². The first-order valence-electron chi connectivity index (χ1n) is 6.07. The Morgan fingerprint density at radius 1 is 1.45 bits per heavy atom. The summed E-state index contributed by atoms with van der Waals surface area (Å²) in [5.41, 5.74) is 5.70. The molecule has 0 aliphatic rings. The molecule has 6 nitrogen and oxygen atoms in total. The molecule has 0 fully saturated rings. The number of nitrogen functional groups attached to an aromatic ring is 1. The summed E-state index contributed by atoms with van der Waals surface area (Å²) in [4.78, 5) is 11.1. The molecule has 0 saturated carbocycles. The molecule has 8 heteroatoms. The van der Waals surface area contributed by atoms with Gasteiger partial charge < -0.3 is 10.5 Å². The SMILES string of the molecule is CCOC(=O)CCCNS(=O)(=O)c1ccc(Cl)cc1N. The van der Waals surface area contributed by atoms with Crippen molar-refractivity contribution in [1.29, 1.82) is 0 Å². The highest BCUT2D eigenvalue weighted by atomic mass is 35.5. The van der Waals surface area contributed by atoms with Crippen LogP contribution in [0, 0.1) is 0 Å². The molecule has 0 atom stereocenters. The second-order valence-corrected chi connectivity index (χ2v) is 6.16. The van der Waals surface area contributed by atoms with E-state index in [-0.39, 0.29) is 29.5 Å². The number of ether oxygens (including phenoxy) is 1. The van der Waals surface area contributed by atoms with E-state index in [0.717, 1.165) is 0 Å². The normalized spacial score (nSPS) is 11.3. The van der Waals surface area contributed by atoms with E-state index in [1.165, 1.54) is 18.2 Å². The van der Waals surface area contributed by atoms with Gasteiger partial charge >= 0.3 is 5.97 Å². The van der Waals surface area contributed by atoms with E-state index in [1.807, 2.05) is 0 Å². The van der Waals surface area contributed by atoms with Gasteiger partial charge in [-0.05, 0) is 31.5 Å². The maximum absolute atomic E-state index is 12.0. The Balaban J connectivity index is 2.56. The first-order valence-corrected chi connectivity index (χ1v) is 7.93. The van der Waals surface area contributed by atoms with Crippen LogP contribution < -0.4 is 10.5 Å². The molecule has 0 aliphatic carbocycles. The van der Waals surface area contributed by atoms with Crippen molar-refractivity contribution in [2.45, 2.75) is 24.7 Å². The zero-order chi connectivity index (χ0) is 15.2. The number of hydrogen-bond donors (Lipinski definition) is 2. The van der Waals surface area contributed by atoms with Gasteiger partial charge in [-0.15, -0.1) is 0 Å². The van der Waals surface area contributed by atoms with Gasteiger partial charge in [0.25, 0.3) is 0 Å². The number of sulfonamides is 1. The zero-order valence-corrected chi connectivity index (χ0v) is 12.6. The molecule has 112 valence electrons. The van der Waals surface area contributed by atoms with Crippen molar-refractivity contribution in [3.63, 3.8) is 0 Å². The van der Waals surface area contributed by atoms with Crippen LogP contribution >= 0.6 is 11.6 Å². The molecule has 0 bridgehead atoms. The molecule has 0 saturated heterocycles. The number of nitrogens with one attached hydrogen (secondary N) is 1. The van der Waals surface area contributed by atoms with Crippen molar-refractivity contribution in [2.75, 3.05) is 18.9 Å². The standard InChI is InChI=1S/C12H17ClN2O4S/c1-2-19-12(16)4-3-7-15-20(17,18)11-6-5-9(13)8-10(11)14/h5-6,8,15H,2-4,7,14H2,1H3. The largest absolute Gasteiger partial charge is 0.466 e. The van der Waals surface area contributed by atoms with E-state index in [1.54, 1.807) is 6.92 Å². The van der Waals surface area contributed by atoms with Gasteiger partial charge in [0.2, 0.25) is 10.0 Å². The van der Waals surface area contributed by atoms with Gasteiger partial charge in [0.15, 0.2) is 0 Å². The van der Waals surface area contributed by atoms with E-state index in [0.29, 0.717) is 18.1 Å². The van der Waals surface area contributed by atoms with Gasteiger partial charge in [0.1, 0.15) is 4.90 Å². The Hall–Kier alpha value is -1.31. The lowest BCUT2D eigenvalue weighted by Crippen LogP contribution is -2.26. The second-order valence-electron chi connectivity index (χ2n) is 3.99. The quantitative estimate of drug-likeness (QED) is 0.451. The number of halogens is 1. The van der Waals surface area contributed by atoms with Crippen molar-refractivity contribution >= 4 is 33.3 Å². The topological polar surface area (TPSA) is 98.5 Å². The Labute approximate surface area is 123 Å². The molecular weight excluding hydrogens is 304 g/mol. The first kappa shape index (κ1) is 16.7. The van der Waals surface area contributed by atoms with Crippen LogP contribution in [0.5, 0.6) is 0 Å². The van der Waals surface area contributed by atoms with Crippen molar-refractivity contribution < 1.29 is 17.9 Å². The summed E-state index contributed by atoms with van der Waals surface area (Å²) in [6.45, 7) is 2.15. The summed E-state index contributed by atoms with van der Waals surface area (Å²) in [7, 11) is -3.70. The number of nitrogens with two attached hydrogens (primary N) is 1. The van der Waals surface area contributed by atoms with Gasteiger partial charge in [-0.25, -0.2) is 13.1 Å². The van der Waals surface area contributed by atoms with Gasteiger partial charge in [0.05, 0.1) is 12.3 Å². The highest BCUT2D eigenvalue weighted by Gasteiger charge is 2.17. The van der Waals surface area contributed by atoms with E-state index in [9.17, 15) is 13.2 Å². The number of carbonyl (C=O) groups is 1. The van der Waals surface area contributed by atoms with Gasteiger partial charge in [-0.2, -0.15) is 0 Å². The fraction of sp³-hybridized carbons (Fsp3) is 0.417. The number of esters is 1. The molecule has 3 N–H and O–H groups in total. The Kier molecular flexibility index (Phi) is 6.25. The molecule has 1 rings (SSSR count). The lowest BCUT2D eigenvalue weighted by Gasteiger charge is -2.09. The minimum atomic E-state index is -3.70. The number of hydrogen-bond acceptors (Lipinski definition) is 5. The lowest BCUT2D eigenvalue weighted by atomic mass is 10.3. The minimum Gasteiger partial charge on any atom is -0.466 e. The molecule has 0 aromatic heterocycles. The third-order valence-corrected chi connectivity index (χ3v) is 4.19. The van der Waals surface area contributed by atoms with E-state index < -0.39 is 10.0 Å². The van der Waals surface area contributed by atoms with Crippen molar-refractivity contribution in [1.82, 2.24) is 4.72 Å². The maximum Gasteiger partial charge on any atom is 0.305 e. The van der Waals surface area contributed by atoms with Gasteiger partial charge in [-0.1, -0.05) is 11.6 Å². The molecule has 0 amide bonds. The van der Waals surface area contributed by atoms with Crippen LogP contribution in [0.2, 0.25) is 5.02 Å². The van der Waals surface area contributed by atoms with E-state index in [2.05, 4.69) is 4.72 Å². The smallest absolute Gasteiger partial charge is 0.305 e. The summed E-state index contributed by atoms with van der Waals surface area (Å²) in [5.74, 6) is -0.349. The highest BCUT2D eigenvalue weighted by Crippen LogP contribution is 2.22. The molecule has 0 unspecified atom stereocenters. The van der Waals surface area contributed by atoms with E-state index in [4.69, 9.17) is 22.1 Å². The van der Waals surface area contributed by atoms with Crippen LogP contribution in [-0.2, 0) is 19.6 Å². The zero-order valence-electron chi connectivity index (χ0n) is 11.1. The van der Waals surface area contributed by atoms with Crippen LogP contribution in [0.15, 0.2) is 23.1 Å². The molecule has 0 spiro atoms. The second kappa shape index (κ2) is 7.47. The molecule has 20 heavy (non-hydrogen) atoms. The van der Waals surface area contributed by atoms with Crippen LogP contribution in [0.1, 0.15) is 19.8 Å². The molecule has 1 aromatic rings. The molecule has 1 aromatic carbocycles. The summed E-state index contributed by atoms with van der Waals surface area (Å²) in [5, 5.41) is 0.365. The fourth-order valence-electron chi connectivity index (χ4n) is 1.51. The van der Waals surface area contributed by atoms with Crippen LogP contribution in [0.4, 0.5) is 5.69 Å². The van der Waals surface area contributed by atoms with Crippen molar-refractivity contribution in [3.8, 4) is 0 Å². The number of anilines is 1. The summed E-state index contributed by atoms with van der Waals surface area (Å²) >= 11 is 5.71. The van der Waals surface area contributed by atoms with Crippen molar-refractivity contribution in [2.24, 2.45) is 0 Å². The van der Waals surface area contributed by atoms with Crippen LogP contribution in [0.25, 0.3) is 0 Å². The third-order valence-electron chi connectivity index (χ3n) is 2.42. The summed E-state index contributed by atoms with van der Waals surface area (Å²) in [6.07, 6.45) is 0.512. The summed E-state index contributed by atoms with van der Waals surface area (Å²) < 4.78 is 31.1. The average Bonchev–Trinajstić information content (AvgIpc) is 2.34. The van der Waals surface area contributed by atoms with Crippen LogP contribution in [0.3, 0.4) is 0 Å². The molecule has 0 radical (unpaired) electrons. The van der Waals surface area contributed by atoms with Gasteiger partial charge in [-0.3, -0.25) is 4.79 Å². The predicted molar refractivity (Wildman–Crippen MR) is 76.9 cm³/mol. The maximum atomic E-state index is 12.0. The van der Waals surface area contributed by atoms with E-state index >= 15 is 0 Å². The monoisotopic (exact) mass is 320 g/mol. The number of carbonyl (C=O) groups excluding carboxylic acids is 1. The third kappa shape index (κ3) is 4.99. The number of rotatable bonds is 7. The highest BCUT2D eigenvalue weighted by molar-refractivity contribution is 7.89. The summed E-state index contributed by atoms with van der Waals surface area (Å²) in [6, 6.07) is 4.16. The minimum absolute atomic E-state index is 0.0296. The van der Waals surface area contributed by atoms with Gasteiger partial charge in [0, 0.05) is 18.0 Å². The molecule has 0 aliphatic heterocycles. The molecular formula is C12H17ClN2O4S. The first-order chi connectivity index (χ1) is 9.36. The number of benzene rings is 1. The predicted octanol–water partition coefficient (Wildman–Crippen LogP) is 1.54. The molecule has 0 heterocycles. The lowest BCUT2D eigenvalue weighted by molar-refractivity contribution is -0.143. The Morgan fingerprint density at radius 3 is 2.75 bits per heavy atom. The fourth-order valence-corrected chi connectivity index (χ4v) is 2.88. The average molecular weight is 321 g/mol.